The van der Waals surface area contributed by atoms with E-state index in [4.69, 9.17) is 4.52 Å². The molecule has 140 valence electrons. The molecule has 1 N–H and O–H groups in total. The van der Waals surface area contributed by atoms with Crippen LogP contribution in [0.4, 0.5) is 18.0 Å². The van der Waals surface area contributed by atoms with Crippen LogP contribution in [0.2, 0.25) is 0 Å². The second-order valence-corrected chi connectivity index (χ2v) is 6.32. The molecule has 1 aliphatic heterocycles. The third-order valence-electron chi connectivity index (χ3n) is 4.33. The highest BCUT2D eigenvalue weighted by molar-refractivity contribution is 5.74. The van der Waals surface area contributed by atoms with Gasteiger partial charge in [-0.15, -0.1) is 0 Å². The lowest BCUT2D eigenvalue weighted by Gasteiger charge is -2.31. The van der Waals surface area contributed by atoms with Gasteiger partial charge in [0.15, 0.2) is 5.82 Å². The van der Waals surface area contributed by atoms with E-state index in [1.165, 1.54) is 12.1 Å². The van der Waals surface area contributed by atoms with E-state index in [1.54, 1.807) is 11.8 Å². The van der Waals surface area contributed by atoms with Crippen LogP contribution in [0.3, 0.4) is 0 Å². The van der Waals surface area contributed by atoms with Crippen molar-refractivity contribution < 1.29 is 22.5 Å². The van der Waals surface area contributed by atoms with E-state index in [0.29, 0.717) is 30.4 Å². The van der Waals surface area contributed by atoms with E-state index in [9.17, 15) is 18.0 Å². The van der Waals surface area contributed by atoms with Gasteiger partial charge < -0.3 is 14.7 Å². The molecule has 1 fully saturated rings. The lowest BCUT2D eigenvalue weighted by molar-refractivity contribution is -0.137. The van der Waals surface area contributed by atoms with Crippen molar-refractivity contribution in [2.75, 3.05) is 13.1 Å². The van der Waals surface area contributed by atoms with E-state index >= 15 is 0 Å². The Hall–Kier alpha value is -2.58. The first-order valence-electron chi connectivity index (χ1n) is 8.32. The summed E-state index contributed by atoms with van der Waals surface area (Å²) in [6.07, 6.45) is -2.68. The fourth-order valence-corrected chi connectivity index (χ4v) is 2.94. The molecule has 26 heavy (non-hydrogen) atoms. The Labute approximate surface area is 148 Å². The number of likely N-dealkylation sites (tertiary alicyclic amines) is 1. The fourth-order valence-electron chi connectivity index (χ4n) is 2.94. The van der Waals surface area contributed by atoms with Crippen LogP contribution in [-0.4, -0.2) is 34.2 Å². The van der Waals surface area contributed by atoms with Crippen molar-refractivity contribution in [2.45, 2.75) is 38.4 Å². The highest BCUT2D eigenvalue weighted by Gasteiger charge is 2.30. The number of amides is 2. The third-order valence-corrected chi connectivity index (χ3v) is 4.33. The maximum Gasteiger partial charge on any atom is 0.416 e. The highest BCUT2D eigenvalue weighted by Crippen LogP contribution is 2.29. The van der Waals surface area contributed by atoms with Crippen LogP contribution in [0, 0.1) is 6.92 Å². The second-order valence-electron chi connectivity index (χ2n) is 6.32. The lowest BCUT2D eigenvalue weighted by atomic mass is 9.98. The molecule has 2 aromatic rings. The normalized spacial score (nSPS) is 18.0. The molecule has 0 saturated carbocycles. The molecule has 1 aromatic carbocycles. The number of carbonyl (C=O) groups is 1. The van der Waals surface area contributed by atoms with Gasteiger partial charge in [0.1, 0.15) is 0 Å². The molecule has 1 unspecified atom stereocenters. The van der Waals surface area contributed by atoms with Crippen molar-refractivity contribution >= 4 is 6.03 Å². The van der Waals surface area contributed by atoms with E-state index in [1.807, 2.05) is 0 Å². The minimum Gasteiger partial charge on any atom is -0.339 e. The average molecular weight is 368 g/mol. The molecule has 1 atom stereocenters. The van der Waals surface area contributed by atoms with Gasteiger partial charge in [-0.3, -0.25) is 0 Å². The topological polar surface area (TPSA) is 71.3 Å². The highest BCUT2D eigenvalue weighted by atomic mass is 19.4. The summed E-state index contributed by atoms with van der Waals surface area (Å²) in [5.74, 6) is 1.09. The zero-order valence-electron chi connectivity index (χ0n) is 14.2. The number of aryl methyl sites for hydroxylation is 1. The molecule has 2 amide bonds. The summed E-state index contributed by atoms with van der Waals surface area (Å²) in [4.78, 5) is 18.2. The molecule has 9 heteroatoms. The SMILES string of the molecule is Cc1noc(C2CCCN(C(=O)NCc3ccc(C(F)(F)F)cc3)C2)n1. The summed E-state index contributed by atoms with van der Waals surface area (Å²) in [7, 11) is 0. The van der Waals surface area contributed by atoms with E-state index in [-0.39, 0.29) is 18.5 Å². The molecule has 0 aliphatic carbocycles. The minimum absolute atomic E-state index is 0.00164. The van der Waals surface area contributed by atoms with Gasteiger partial charge >= 0.3 is 12.2 Å². The lowest BCUT2D eigenvalue weighted by Crippen LogP contribution is -2.44. The molecule has 0 bridgehead atoms. The average Bonchev–Trinajstić information content (AvgIpc) is 3.06. The number of nitrogens with one attached hydrogen (secondary N) is 1. The van der Waals surface area contributed by atoms with E-state index in [2.05, 4.69) is 15.5 Å². The first kappa shape index (κ1) is 18.2. The molecular weight excluding hydrogens is 349 g/mol. The number of alkyl halides is 3. The first-order valence-corrected chi connectivity index (χ1v) is 8.32. The van der Waals surface area contributed by atoms with Gasteiger partial charge in [0, 0.05) is 19.6 Å². The number of hydrogen-bond donors (Lipinski definition) is 1. The van der Waals surface area contributed by atoms with Gasteiger partial charge in [0.2, 0.25) is 5.89 Å². The van der Waals surface area contributed by atoms with Crippen molar-refractivity contribution in [2.24, 2.45) is 0 Å². The van der Waals surface area contributed by atoms with Crippen molar-refractivity contribution in [3.8, 4) is 0 Å². The van der Waals surface area contributed by atoms with Gasteiger partial charge in [0.05, 0.1) is 11.5 Å². The molecular formula is C17H19F3N4O2. The van der Waals surface area contributed by atoms with E-state index < -0.39 is 11.7 Å². The number of benzene rings is 1. The third kappa shape index (κ3) is 4.33. The number of piperidine rings is 1. The first-order chi connectivity index (χ1) is 12.3. The summed E-state index contributed by atoms with van der Waals surface area (Å²) < 4.78 is 42.9. The maximum atomic E-state index is 12.6. The zero-order valence-corrected chi connectivity index (χ0v) is 14.2. The molecule has 1 aromatic heterocycles. The predicted molar refractivity (Wildman–Crippen MR) is 86.3 cm³/mol. The molecule has 1 saturated heterocycles. The molecule has 0 radical (unpaired) electrons. The number of rotatable bonds is 3. The Balaban J connectivity index is 1.54. The largest absolute Gasteiger partial charge is 0.416 e. The second kappa shape index (κ2) is 7.35. The Morgan fingerprint density at radius 2 is 2.08 bits per heavy atom. The van der Waals surface area contributed by atoms with Gasteiger partial charge in [-0.05, 0) is 37.5 Å². The van der Waals surface area contributed by atoms with E-state index in [0.717, 1.165) is 25.0 Å². The van der Waals surface area contributed by atoms with Crippen LogP contribution in [0.25, 0.3) is 0 Å². The molecule has 2 heterocycles. The van der Waals surface area contributed by atoms with Crippen molar-refractivity contribution in [1.82, 2.24) is 20.4 Å². The number of nitrogens with zero attached hydrogens (tertiary/aromatic N) is 3. The quantitative estimate of drug-likeness (QED) is 0.900. The number of urea groups is 1. The summed E-state index contributed by atoms with van der Waals surface area (Å²) in [6, 6.07) is 4.49. The minimum atomic E-state index is -4.36. The summed E-state index contributed by atoms with van der Waals surface area (Å²) >= 11 is 0. The molecule has 1 aliphatic rings. The Kier molecular flexibility index (Phi) is 5.15. The Bertz CT molecular complexity index is 758. The van der Waals surface area contributed by atoms with Crippen LogP contribution in [0.5, 0.6) is 0 Å². The van der Waals surface area contributed by atoms with Gasteiger partial charge in [-0.25, -0.2) is 4.79 Å². The fraction of sp³-hybridized carbons (Fsp3) is 0.471. The summed E-state index contributed by atoms with van der Waals surface area (Å²) in [5, 5.41) is 6.52. The van der Waals surface area contributed by atoms with Crippen LogP contribution in [-0.2, 0) is 12.7 Å². The van der Waals surface area contributed by atoms with Crippen LogP contribution >= 0.6 is 0 Å². The Morgan fingerprint density at radius 3 is 2.69 bits per heavy atom. The smallest absolute Gasteiger partial charge is 0.339 e. The van der Waals surface area contributed by atoms with Crippen LogP contribution < -0.4 is 5.32 Å². The molecule has 0 spiro atoms. The summed E-state index contributed by atoms with van der Waals surface area (Å²) in [5.41, 5.74) is -0.103. The van der Waals surface area contributed by atoms with Crippen molar-refractivity contribution in [3.63, 3.8) is 0 Å². The summed E-state index contributed by atoms with van der Waals surface area (Å²) in [6.45, 7) is 2.99. The Morgan fingerprint density at radius 1 is 1.35 bits per heavy atom. The van der Waals surface area contributed by atoms with Gasteiger partial charge in [-0.2, -0.15) is 18.2 Å². The predicted octanol–water partition coefficient (Wildman–Crippen LogP) is 3.49. The number of halogens is 3. The maximum absolute atomic E-state index is 12.6. The number of aromatic nitrogens is 2. The molecule has 6 nitrogen and oxygen atoms in total. The van der Waals surface area contributed by atoms with Crippen LogP contribution in [0.1, 0.15) is 41.6 Å². The van der Waals surface area contributed by atoms with Gasteiger partial charge in [-0.1, -0.05) is 17.3 Å². The number of carbonyl (C=O) groups excluding carboxylic acids is 1. The monoisotopic (exact) mass is 368 g/mol. The standard InChI is InChI=1S/C17H19F3N4O2/c1-11-22-15(26-23-11)13-3-2-8-24(10-13)16(25)21-9-12-4-6-14(7-5-12)17(18,19)20/h4-7,13H,2-3,8-10H2,1H3,(H,21,25). The van der Waals surface area contributed by atoms with Crippen LogP contribution in [0.15, 0.2) is 28.8 Å². The van der Waals surface area contributed by atoms with Crippen molar-refractivity contribution in [3.05, 3.63) is 47.1 Å². The van der Waals surface area contributed by atoms with Crippen molar-refractivity contribution in [1.29, 1.82) is 0 Å². The van der Waals surface area contributed by atoms with Gasteiger partial charge in [0.25, 0.3) is 0 Å². The molecule has 3 rings (SSSR count). The zero-order chi connectivity index (χ0) is 18.7. The number of hydrogen-bond acceptors (Lipinski definition) is 4.